The molecule has 0 aliphatic heterocycles. The number of H-pyrrole nitrogens is 1. The van der Waals surface area contributed by atoms with E-state index >= 15 is 0 Å². The molecule has 21 heavy (non-hydrogen) atoms. The minimum atomic E-state index is 0.0779. The van der Waals surface area contributed by atoms with Crippen molar-refractivity contribution in [2.24, 2.45) is 5.41 Å². The van der Waals surface area contributed by atoms with E-state index in [1.807, 2.05) is 6.92 Å². The monoisotopic (exact) mass is 328 g/mol. The maximum Gasteiger partial charge on any atom is 0.225 e. The number of methoxy groups -OCH3 is 1. The fraction of sp³-hybridized carbons (Fsp3) is 0.733. The Hall–Kier alpha value is -0.720. The van der Waals surface area contributed by atoms with Crippen LogP contribution in [0.2, 0.25) is 0 Å². The third-order valence-electron chi connectivity index (χ3n) is 4.97. The summed E-state index contributed by atoms with van der Waals surface area (Å²) in [5, 5.41) is 3.20. The molecule has 0 radical (unpaired) electrons. The smallest absolute Gasteiger partial charge is 0.225 e. The molecule has 1 fully saturated rings. The van der Waals surface area contributed by atoms with Gasteiger partial charge in [-0.05, 0) is 38.4 Å². The molecule has 0 spiro atoms. The summed E-state index contributed by atoms with van der Waals surface area (Å²) in [6.07, 6.45) is 3.62. The Kier molecular flexibility index (Phi) is 5.22. The van der Waals surface area contributed by atoms with E-state index in [1.54, 1.807) is 7.11 Å². The van der Waals surface area contributed by atoms with Gasteiger partial charge in [-0.15, -0.1) is 11.3 Å². The summed E-state index contributed by atoms with van der Waals surface area (Å²) in [7, 11) is 1.76. The number of thiazole rings is 1. The van der Waals surface area contributed by atoms with Gasteiger partial charge in [-0.25, -0.2) is 0 Å². The summed E-state index contributed by atoms with van der Waals surface area (Å²) in [6, 6.07) is 0.220. The van der Waals surface area contributed by atoms with E-state index < -0.39 is 0 Å². The van der Waals surface area contributed by atoms with E-state index in [9.17, 15) is 4.79 Å². The molecule has 1 amide bonds. The van der Waals surface area contributed by atoms with Gasteiger partial charge in [-0.1, -0.05) is 13.8 Å². The lowest BCUT2D eigenvalue weighted by atomic mass is 9.58. The molecule has 1 aromatic heterocycles. The Bertz CT molecular complexity index is 560. The highest BCUT2D eigenvalue weighted by atomic mass is 32.1. The van der Waals surface area contributed by atoms with E-state index in [0.717, 1.165) is 33.8 Å². The molecule has 1 aliphatic rings. The molecule has 2 atom stereocenters. The van der Waals surface area contributed by atoms with Gasteiger partial charge in [0.1, 0.15) is 0 Å². The molecule has 6 heteroatoms. The number of rotatable bonds is 6. The van der Waals surface area contributed by atoms with Crippen LogP contribution >= 0.6 is 23.6 Å². The van der Waals surface area contributed by atoms with Crippen LogP contribution in [0.4, 0.5) is 0 Å². The highest BCUT2D eigenvalue weighted by Gasteiger charge is 2.53. The summed E-state index contributed by atoms with van der Waals surface area (Å²) < 4.78 is 6.30. The van der Waals surface area contributed by atoms with Crippen molar-refractivity contribution in [1.29, 1.82) is 0 Å². The van der Waals surface area contributed by atoms with Crippen molar-refractivity contribution in [3.8, 4) is 0 Å². The van der Waals surface area contributed by atoms with Crippen LogP contribution in [0.5, 0.6) is 0 Å². The number of aromatic nitrogens is 1. The van der Waals surface area contributed by atoms with E-state index in [4.69, 9.17) is 17.0 Å². The van der Waals surface area contributed by atoms with Crippen molar-refractivity contribution in [3.05, 3.63) is 14.5 Å². The van der Waals surface area contributed by atoms with Gasteiger partial charge in [0.25, 0.3) is 0 Å². The van der Waals surface area contributed by atoms with Crippen LogP contribution in [-0.2, 0) is 16.0 Å². The quantitative estimate of drug-likeness (QED) is 0.787. The van der Waals surface area contributed by atoms with Crippen LogP contribution in [0, 0.1) is 16.3 Å². The van der Waals surface area contributed by atoms with Crippen molar-refractivity contribution in [3.63, 3.8) is 0 Å². The maximum atomic E-state index is 12.3. The average Bonchev–Trinajstić information content (AvgIpc) is 2.74. The van der Waals surface area contributed by atoms with Crippen LogP contribution in [0.1, 0.15) is 43.7 Å². The highest BCUT2D eigenvalue weighted by molar-refractivity contribution is 7.73. The second kappa shape index (κ2) is 6.58. The lowest BCUT2D eigenvalue weighted by Crippen LogP contribution is -2.64. The van der Waals surface area contributed by atoms with Crippen molar-refractivity contribution < 1.29 is 9.53 Å². The molecule has 1 aliphatic carbocycles. The zero-order valence-electron chi connectivity index (χ0n) is 13.1. The SMILES string of the molecule is CCC1(CC)[C@@H](OC)C[C@H]1NC(=O)Cc1sc(=S)[nH]c1C. The third kappa shape index (κ3) is 3.07. The Morgan fingerprint density at radius 3 is 2.67 bits per heavy atom. The fourth-order valence-electron chi connectivity index (χ4n) is 3.48. The van der Waals surface area contributed by atoms with Crippen LogP contribution in [0.15, 0.2) is 0 Å². The summed E-state index contributed by atoms with van der Waals surface area (Å²) in [6.45, 7) is 6.31. The van der Waals surface area contributed by atoms with Gasteiger partial charge in [0, 0.05) is 29.1 Å². The third-order valence-corrected chi connectivity index (χ3v) is 6.30. The number of aryl methyl sites for hydroxylation is 1. The number of hydrogen-bond acceptors (Lipinski definition) is 4. The van der Waals surface area contributed by atoms with E-state index in [1.165, 1.54) is 11.3 Å². The molecular formula is C15H24N2O2S2. The van der Waals surface area contributed by atoms with Crippen molar-refractivity contribution in [2.75, 3.05) is 7.11 Å². The zero-order chi connectivity index (χ0) is 15.6. The highest BCUT2D eigenvalue weighted by Crippen LogP contribution is 2.48. The number of carbonyl (C=O) groups is 1. The summed E-state index contributed by atoms with van der Waals surface area (Å²) in [5.41, 5.74) is 1.09. The van der Waals surface area contributed by atoms with Gasteiger partial charge in [0.15, 0.2) is 3.95 Å². The average molecular weight is 329 g/mol. The standard InChI is InChI=1S/C15H24N2O2S2/c1-5-15(6-2)11(8-12(15)19-4)17-13(18)7-10-9(3)16-14(20)21-10/h11-12H,5-8H2,1-4H3,(H,16,20)(H,17,18)/t11-,12+/m1/s1. The first-order valence-corrected chi connectivity index (χ1v) is 8.70. The number of carbonyl (C=O) groups excluding carboxylic acids is 1. The first-order chi connectivity index (χ1) is 9.96. The van der Waals surface area contributed by atoms with E-state index in [-0.39, 0.29) is 23.5 Å². The number of nitrogens with one attached hydrogen (secondary N) is 2. The van der Waals surface area contributed by atoms with Crippen LogP contribution in [-0.4, -0.2) is 30.1 Å². The molecule has 1 saturated carbocycles. The van der Waals surface area contributed by atoms with E-state index in [2.05, 4.69) is 24.1 Å². The number of amides is 1. The van der Waals surface area contributed by atoms with Gasteiger partial charge < -0.3 is 15.0 Å². The molecule has 0 bridgehead atoms. The second-order valence-electron chi connectivity index (χ2n) is 5.76. The minimum absolute atomic E-state index is 0.0779. The van der Waals surface area contributed by atoms with Gasteiger partial charge in [-0.2, -0.15) is 0 Å². The maximum absolute atomic E-state index is 12.3. The van der Waals surface area contributed by atoms with Crippen LogP contribution in [0.3, 0.4) is 0 Å². The molecule has 1 aromatic rings. The molecule has 0 aromatic carbocycles. The Labute approximate surface area is 135 Å². The Morgan fingerprint density at radius 1 is 1.52 bits per heavy atom. The van der Waals surface area contributed by atoms with E-state index in [0.29, 0.717) is 6.42 Å². The molecule has 118 valence electrons. The van der Waals surface area contributed by atoms with Crippen LogP contribution in [0.25, 0.3) is 0 Å². The predicted octanol–water partition coefficient (Wildman–Crippen LogP) is 3.37. The Morgan fingerprint density at radius 2 is 2.19 bits per heavy atom. The normalized spacial score (nSPS) is 23.6. The van der Waals surface area contributed by atoms with Gasteiger partial charge in [-0.3, -0.25) is 4.79 Å². The Balaban J connectivity index is 2.00. The number of hydrogen-bond donors (Lipinski definition) is 2. The molecule has 4 nitrogen and oxygen atoms in total. The molecule has 0 unspecified atom stereocenters. The topological polar surface area (TPSA) is 54.1 Å². The molecule has 1 heterocycles. The first kappa shape index (κ1) is 16.6. The number of aromatic amines is 1. The first-order valence-electron chi connectivity index (χ1n) is 7.47. The predicted molar refractivity (Wildman–Crippen MR) is 88.3 cm³/mol. The molecule has 2 rings (SSSR count). The summed E-state index contributed by atoms with van der Waals surface area (Å²) in [4.78, 5) is 16.4. The fourth-order valence-corrected chi connectivity index (χ4v) is 4.77. The summed E-state index contributed by atoms with van der Waals surface area (Å²) >= 11 is 6.60. The van der Waals surface area contributed by atoms with Crippen molar-refractivity contribution in [1.82, 2.24) is 10.3 Å². The van der Waals surface area contributed by atoms with Gasteiger partial charge in [0.05, 0.1) is 12.5 Å². The zero-order valence-corrected chi connectivity index (χ0v) is 14.7. The van der Waals surface area contributed by atoms with Gasteiger partial charge in [0.2, 0.25) is 5.91 Å². The second-order valence-corrected chi connectivity index (χ2v) is 7.53. The minimum Gasteiger partial charge on any atom is -0.381 e. The van der Waals surface area contributed by atoms with Crippen LogP contribution < -0.4 is 5.32 Å². The molecular weight excluding hydrogens is 304 g/mol. The lowest BCUT2D eigenvalue weighted by Gasteiger charge is -2.55. The number of ether oxygens (including phenoxy) is 1. The molecule has 0 saturated heterocycles. The lowest BCUT2D eigenvalue weighted by molar-refractivity contribution is -0.140. The summed E-state index contributed by atoms with van der Waals surface area (Å²) in [5.74, 6) is 0.0779. The van der Waals surface area contributed by atoms with Crippen molar-refractivity contribution >= 4 is 29.5 Å². The largest absolute Gasteiger partial charge is 0.381 e. The van der Waals surface area contributed by atoms with Crippen molar-refractivity contribution in [2.45, 2.75) is 58.6 Å². The molecule has 2 N–H and O–H groups in total. The van der Waals surface area contributed by atoms with Gasteiger partial charge >= 0.3 is 0 Å².